The largest absolute Gasteiger partial charge is 0.455 e. The molecule has 0 saturated heterocycles. The van der Waals surface area contributed by atoms with Crippen molar-refractivity contribution in [2.75, 3.05) is 0 Å². The van der Waals surface area contributed by atoms with Crippen LogP contribution in [0.25, 0.3) is 72.3 Å². The molecular formula is C42H35N3O. The first-order valence-electron chi connectivity index (χ1n) is 16.0. The first-order valence-corrected chi connectivity index (χ1v) is 16.0. The third-order valence-electron chi connectivity index (χ3n) is 9.04. The van der Waals surface area contributed by atoms with E-state index in [2.05, 4.69) is 146 Å². The molecule has 0 unspecified atom stereocenters. The van der Waals surface area contributed by atoms with Crippen molar-refractivity contribution < 1.29 is 4.42 Å². The lowest BCUT2D eigenvalue weighted by atomic mass is 9.88. The van der Waals surface area contributed by atoms with E-state index in [9.17, 15) is 0 Å². The van der Waals surface area contributed by atoms with Crippen LogP contribution in [0.2, 0.25) is 0 Å². The highest BCUT2D eigenvalue weighted by Gasteiger charge is 2.25. The van der Waals surface area contributed by atoms with Gasteiger partial charge < -0.3 is 4.42 Å². The van der Waals surface area contributed by atoms with Crippen LogP contribution >= 0.6 is 0 Å². The van der Waals surface area contributed by atoms with Crippen LogP contribution in [-0.4, -0.2) is 14.5 Å². The minimum Gasteiger partial charge on any atom is -0.455 e. The Morgan fingerprint density at radius 1 is 0.609 bits per heavy atom. The van der Waals surface area contributed by atoms with Gasteiger partial charge in [-0.3, -0.25) is 9.55 Å². The summed E-state index contributed by atoms with van der Waals surface area (Å²) < 4.78 is 9.13. The standard InChI is InChI=1S/C42H35N3O/c1-26(2)35-22-31(28-12-6-5-7-13-28)23-36(27(3)4)40(35)45-38-18-9-8-17-37(38)44-42(45)34-16-10-15-33-32-20-19-29(24-39(32)46-41(33)34)30-14-11-21-43-25-30/h5-27H,1-4H3. The molecule has 0 fully saturated rings. The Bertz CT molecular complexity index is 2330. The topological polar surface area (TPSA) is 43.9 Å². The van der Waals surface area contributed by atoms with Gasteiger partial charge in [0.2, 0.25) is 0 Å². The van der Waals surface area contributed by atoms with Gasteiger partial charge in [-0.15, -0.1) is 0 Å². The lowest BCUT2D eigenvalue weighted by molar-refractivity contribution is 0.669. The number of imidazole rings is 1. The molecule has 0 radical (unpaired) electrons. The van der Waals surface area contributed by atoms with Gasteiger partial charge in [0.05, 0.1) is 22.3 Å². The normalized spacial score (nSPS) is 11.9. The number of pyridine rings is 1. The molecule has 3 aromatic heterocycles. The zero-order chi connectivity index (χ0) is 31.4. The van der Waals surface area contributed by atoms with Gasteiger partial charge in [-0.2, -0.15) is 0 Å². The van der Waals surface area contributed by atoms with E-state index in [1.165, 1.54) is 27.9 Å². The van der Waals surface area contributed by atoms with Gasteiger partial charge in [-0.05, 0) is 88.2 Å². The fraction of sp³-hybridized carbons (Fsp3) is 0.143. The summed E-state index contributed by atoms with van der Waals surface area (Å²) in [6, 6.07) is 40.8. The number of hydrogen-bond donors (Lipinski definition) is 0. The fourth-order valence-electron chi connectivity index (χ4n) is 6.74. The second-order valence-electron chi connectivity index (χ2n) is 12.7. The molecule has 8 rings (SSSR count). The Kier molecular flexibility index (Phi) is 6.79. The zero-order valence-electron chi connectivity index (χ0n) is 26.5. The predicted octanol–water partition coefficient (Wildman–Crippen LogP) is 11.6. The molecule has 0 aliphatic heterocycles. The van der Waals surface area contributed by atoms with Crippen LogP contribution in [0.1, 0.15) is 50.7 Å². The van der Waals surface area contributed by atoms with Crippen LogP contribution in [0.5, 0.6) is 0 Å². The summed E-state index contributed by atoms with van der Waals surface area (Å²) in [5.74, 6) is 1.46. The van der Waals surface area contributed by atoms with Crippen molar-refractivity contribution in [1.29, 1.82) is 0 Å². The molecule has 5 aromatic carbocycles. The van der Waals surface area contributed by atoms with Crippen molar-refractivity contribution in [1.82, 2.24) is 14.5 Å². The van der Waals surface area contributed by atoms with E-state index in [4.69, 9.17) is 9.40 Å². The molecule has 4 nitrogen and oxygen atoms in total. The van der Waals surface area contributed by atoms with E-state index in [1.807, 2.05) is 12.3 Å². The van der Waals surface area contributed by atoms with Gasteiger partial charge >= 0.3 is 0 Å². The highest BCUT2D eigenvalue weighted by Crippen LogP contribution is 2.43. The van der Waals surface area contributed by atoms with Gasteiger partial charge in [0.25, 0.3) is 0 Å². The average Bonchev–Trinajstić information content (AvgIpc) is 3.66. The monoisotopic (exact) mass is 597 g/mol. The minimum atomic E-state index is 0.290. The van der Waals surface area contributed by atoms with Gasteiger partial charge in [-0.25, -0.2) is 4.98 Å². The third kappa shape index (κ3) is 4.60. The molecule has 46 heavy (non-hydrogen) atoms. The minimum absolute atomic E-state index is 0.290. The molecule has 0 N–H and O–H groups in total. The van der Waals surface area contributed by atoms with Crippen molar-refractivity contribution in [3.63, 3.8) is 0 Å². The lowest BCUT2D eigenvalue weighted by Crippen LogP contribution is -2.09. The zero-order valence-corrected chi connectivity index (χ0v) is 26.5. The Hall–Kier alpha value is -5.48. The number of rotatable bonds is 6. The number of benzene rings is 5. The van der Waals surface area contributed by atoms with Gasteiger partial charge in [0, 0.05) is 28.7 Å². The van der Waals surface area contributed by atoms with Crippen molar-refractivity contribution in [3.05, 3.63) is 139 Å². The molecule has 0 bridgehead atoms. The third-order valence-corrected chi connectivity index (χ3v) is 9.04. The SMILES string of the molecule is CC(C)c1cc(-c2ccccc2)cc(C(C)C)c1-n1c(-c2cccc3c2oc2cc(-c4cccnc4)ccc23)nc2ccccc21. The molecule has 4 heteroatoms. The number of para-hydroxylation sites is 3. The van der Waals surface area contributed by atoms with E-state index in [-0.39, 0.29) is 11.8 Å². The average molecular weight is 598 g/mol. The maximum absolute atomic E-state index is 6.75. The quantitative estimate of drug-likeness (QED) is 0.191. The maximum Gasteiger partial charge on any atom is 0.149 e. The Morgan fingerprint density at radius 3 is 2.09 bits per heavy atom. The predicted molar refractivity (Wildman–Crippen MR) is 191 cm³/mol. The van der Waals surface area contributed by atoms with E-state index < -0.39 is 0 Å². The van der Waals surface area contributed by atoms with Crippen LogP contribution in [0.3, 0.4) is 0 Å². The summed E-state index contributed by atoms with van der Waals surface area (Å²) in [6.07, 6.45) is 3.69. The second-order valence-corrected chi connectivity index (χ2v) is 12.7. The number of nitrogens with zero attached hydrogens (tertiary/aromatic N) is 3. The molecule has 0 aliphatic rings. The van der Waals surface area contributed by atoms with Crippen LogP contribution in [0.15, 0.2) is 132 Å². The Balaban J connectivity index is 1.42. The van der Waals surface area contributed by atoms with Gasteiger partial charge in [-0.1, -0.05) is 94.4 Å². The van der Waals surface area contributed by atoms with Crippen molar-refractivity contribution in [2.24, 2.45) is 0 Å². The van der Waals surface area contributed by atoms with Crippen LogP contribution in [0, 0.1) is 0 Å². The van der Waals surface area contributed by atoms with E-state index in [0.717, 1.165) is 55.5 Å². The highest BCUT2D eigenvalue weighted by molar-refractivity contribution is 6.10. The molecule has 0 saturated carbocycles. The summed E-state index contributed by atoms with van der Waals surface area (Å²) in [6.45, 7) is 9.15. The highest BCUT2D eigenvalue weighted by atomic mass is 16.3. The molecule has 3 heterocycles. The molecule has 0 spiro atoms. The maximum atomic E-state index is 6.75. The van der Waals surface area contributed by atoms with Crippen LogP contribution in [0.4, 0.5) is 0 Å². The summed E-state index contributed by atoms with van der Waals surface area (Å²) in [7, 11) is 0. The van der Waals surface area contributed by atoms with Crippen LogP contribution in [-0.2, 0) is 0 Å². The number of furan rings is 1. The first-order chi connectivity index (χ1) is 22.5. The Morgan fingerprint density at radius 2 is 1.35 bits per heavy atom. The summed E-state index contributed by atoms with van der Waals surface area (Å²) in [4.78, 5) is 9.64. The van der Waals surface area contributed by atoms with Gasteiger partial charge in [0.1, 0.15) is 17.0 Å². The molecule has 8 aromatic rings. The smallest absolute Gasteiger partial charge is 0.149 e. The molecule has 0 aliphatic carbocycles. The van der Waals surface area contributed by atoms with E-state index in [1.54, 1.807) is 6.20 Å². The van der Waals surface area contributed by atoms with E-state index >= 15 is 0 Å². The van der Waals surface area contributed by atoms with Crippen molar-refractivity contribution in [2.45, 2.75) is 39.5 Å². The molecule has 224 valence electrons. The van der Waals surface area contributed by atoms with E-state index in [0.29, 0.717) is 0 Å². The number of hydrogen-bond acceptors (Lipinski definition) is 3. The number of fused-ring (bicyclic) bond motifs is 4. The summed E-state index contributed by atoms with van der Waals surface area (Å²) in [5, 5.41) is 2.17. The van der Waals surface area contributed by atoms with Gasteiger partial charge in [0.15, 0.2) is 0 Å². The molecule has 0 atom stereocenters. The summed E-state index contributed by atoms with van der Waals surface area (Å²) >= 11 is 0. The fourth-order valence-corrected chi connectivity index (χ4v) is 6.74. The van der Waals surface area contributed by atoms with Crippen LogP contribution < -0.4 is 0 Å². The first kappa shape index (κ1) is 28.0. The second kappa shape index (κ2) is 11.1. The lowest BCUT2D eigenvalue weighted by Gasteiger charge is -2.24. The Labute approximate surface area is 269 Å². The number of aromatic nitrogens is 3. The van der Waals surface area contributed by atoms with Crippen molar-refractivity contribution >= 4 is 33.0 Å². The van der Waals surface area contributed by atoms with Crippen molar-refractivity contribution in [3.8, 4) is 39.3 Å². The molecular weight excluding hydrogens is 562 g/mol. The summed E-state index contributed by atoms with van der Waals surface area (Å²) in [5.41, 5.74) is 13.1. The molecule has 0 amide bonds.